The lowest BCUT2D eigenvalue weighted by molar-refractivity contribution is 1.09. The van der Waals surface area contributed by atoms with Gasteiger partial charge in [-0.15, -0.1) is 0 Å². The molecule has 0 fully saturated rings. The first-order chi connectivity index (χ1) is 26.3. The molecule has 0 aliphatic rings. The molecule has 10 aromatic carbocycles. The first-order valence-electron chi connectivity index (χ1n) is 18.3. The van der Waals surface area contributed by atoms with E-state index in [1.165, 1.54) is 87.2 Å². The summed E-state index contributed by atoms with van der Waals surface area (Å²) in [6, 6.07) is 73.5. The Hall–Kier alpha value is -6.96. The molecule has 0 aliphatic carbocycles. The fourth-order valence-corrected chi connectivity index (χ4v) is 8.66. The summed E-state index contributed by atoms with van der Waals surface area (Å²) in [4.78, 5) is 0. The van der Waals surface area contributed by atoms with Gasteiger partial charge in [-0.3, -0.25) is 0 Å². The quantitative estimate of drug-likeness (QED) is 0.161. The molecule has 1 aromatic heterocycles. The van der Waals surface area contributed by atoms with Crippen LogP contribution in [-0.4, -0.2) is 4.57 Å². The van der Waals surface area contributed by atoms with Crippen molar-refractivity contribution in [3.8, 4) is 50.5 Å². The summed E-state index contributed by atoms with van der Waals surface area (Å²) in [5.41, 5.74) is 10.8. The van der Waals surface area contributed by atoms with Crippen LogP contribution < -0.4 is 0 Å². The fourth-order valence-electron chi connectivity index (χ4n) is 8.66. The van der Waals surface area contributed by atoms with Crippen LogP contribution in [0.3, 0.4) is 0 Å². The van der Waals surface area contributed by atoms with Crippen molar-refractivity contribution in [3.63, 3.8) is 0 Å². The molecule has 1 heteroatoms. The first kappa shape index (κ1) is 29.7. The Labute approximate surface area is 308 Å². The van der Waals surface area contributed by atoms with Crippen LogP contribution in [-0.2, 0) is 0 Å². The van der Waals surface area contributed by atoms with Crippen LogP contribution in [0.15, 0.2) is 200 Å². The molecule has 1 nitrogen and oxygen atoms in total. The molecule has 246 valence electrons. The molecule has 0 N–H and O–H groups in total. The van der Waals surface area contributed by atoms with Crippen molar-refractivity contribution in [3.05, 3.63) is 200 Å². The highest BCUT2D eigenvalue weighted by molar-refractivity contribution is 6.25. The van der Waals surface area contributed by atoms with Crippen molar-refractivity contribution in [1.29, 1.82) is 0 Å². The van der Waals surface area contributed by atoms with E-state index in [1.807, 2.05) is 0 Å². The number of fused-ring (bicyclic) bond motifs is 3. The van der Waals surface area contributed by atoms with Crippen LogP contribution in [0.5, 0.6) is 0 Å². The van der Waals surface area contributed by atoms with Crippen LogP contribution >= 0.6 is 0 Å². The Kier molecular flexibility index (Phi) is 6.62. The Morgan fingerprint density at radius 1 is 0.264 bits per heavy atom. The highest BCUT2D eigenvalue weighted by atomic mass is 15.0. The van der Waals surface area contributed by atoms with Crippen LogP contribution in [0.1, 0.15) is 0 Å². The number of rotatable bonds is 5. The van der Waals surface area contributed by atoms with Gasteiger partial charge in [-0.2, -0.15) is 0 Å². The maximum atomic E-state index is 2.39. The second kappa shape index (κ2) is 11.8. The second-order valence-electron chi connectivity index (χ2n) is 14.1. The number of nitrogens with zero attached hydrogens (tertiary/aromatic N) is 1. The highest BCUT2D eigenvalue weighted by Gasteiger charge is 2.16. The topological polar surface area (TPSA) is 4.93 Å². The molecular formula is C52H33N. The summed E-state index contributed by atoms with van der Waals surface area (Å²) >= 11 is 0. The van der Waals surface area contributed by atoms with E-state index in [1.54, 1.807) is 0 Å². The minimum atomic E-state index is 1.14. The summed E-state index contributed by atoms with van der Waals surface area (Å²) in [5.74, 6) is 0. The fraction of sp³-hybridized carbons (Fsp3) is 0. The summed E-state index contributed by atoms with van der Waals surface area (Å²) in [7, 11) is 0. The van der Waals surface area contributed by atoms with E-state index in [2.05, 4.69) is 205 Å². The van der Waals surface area contributed by atoms with Crippen molar-refractivity contribution in [2.45, 2.75) is 0 Å². The van der Waals surface area contributed by atoms with E-state index in [-0.39, 0.29) is 0 Å². The van der Waals surface area contributed by atoms with Gasteiger partial charge in [0.05, 0.1) is 11.4 Å². The van der Waals surface area contributed by atoms with E-state index < -0.39 is 0 Å². The minimum Gasteiger partial charge on any atom is -0.309 e. The van der Waals surface area contributed by atoms with E-state index in [0.29, 0.717) is 0 Å². The molecule has 11 rings (SSSR count). The number of para-hydroxylation sites is 1. The zero-order chi connectivity index (χ0) is 34.9. The lowest BCUT2D eigenvalue weighted by Crippen LogP contribution is -1.99. The summed E-state index contributed by atoms with van der Waals surface area (Å²) in [5, 5.41) is 13.0. The third-order valence-electron chi connectivity index (χ3n) is 11.2. The van der Waals surface area contributed by atoms with Crippen molar-refractivity contribution < 1.29 is 0 Å². The molecule has 0 saturated heterocycles. The Morgan fingerprint density at radius 3 is 1.47 bits per heavy atom. The third kappa shape index (κ3) is 4.71. The van der Waals surface area contributed by atoms with Gasteiger partial charge in [0.1, 0.15) is 0 Å². The zero-order valence-electron chi connectivity index (χ0n) is 29.0. The Bertz CT molecular complexity index is 3110. The van der Waals surface area contributed by atoms with E-state index in [0.717, 1.165) is 17.1 Å². The van der Waals surface area contributed by atoms with Crippen LogP contribution in [0.25, 0.3) is 104 Å². The van der Waals surface area contributed by atoms with Crippen LogP contribution in [0.2, 0.25) is 0 Å². The standard InChI is InChI=1S/C52H33N/c1-2-12-42(13-3-1)53-49(36-21-17-34(18-22-36)44-29-27-40-26-25-38-10-8-11-39-28-30-47(44)52(40)51(38)39)31-32-50(53)37-23-19-35(20-24-37)48-33-41-9-4-5-14-43(41)45-15-6-7-16-46(45)48/h1-33H. The van der Waals surface area contributed by atoms with Gasteiger partial charge < -0.3 is 4.57 Å². The van der Waals surface area contributed by atoms with Crippen molar-refractivity contribution >= 4 is 53.9 Å². The van der Waals surface area contributed by atoms with Crippen molar-refractivity contribution in [1.82, 2.24) is 4.57 Å². The lowest BCUT2D eigenvalue weighted by atomic mass is 9.89. The average molecular weight is 672 g/mol. The molecule has 53 heavy (non-hydrogen) atoms. The predicted molar refractivity (Wildman–Crippen MR) is 226 cm³/mol. The molecular weight excluding hydrogens is 639 g/mol. The van der Waals surface area contributed by atoms with Gasteiger partial charge in [-0.1, -0.05) is 170 Å². The summed E-state index contributed by atoms with van der Waals surface area (Å²) in [6.07, 6.45) is 0. The second-order valence-corrected chi connectivity index (χ2v) is 14.1. The monoisotopic (exact) mass is 671 g/mol. The molecule has 0 saturated carbocycles. The number of aromatic nitrogens is 1. The van der Waals surface area contributed by atoms with Gasteiger partial charge in [0, 0.05) is 5.69 Å². The van der Waals surface area contributed by atoms with Crippen molar-refractivity contribution in [2.24, 2.45) is 0 Å². The summed E-state index contributed by atoms with van der Waals surface area (Å²) in [6.45, 7) is 0. The molecule has 0 amide bonds. The van der Waals surface area contributed by atoms with Crippen LogP contribution in [0, 0.1) is 0 Å². The lowest BCUT2D eigenvalue weighted by Gasteiger charge is -2.16. The predicted octanol–water partition coefficient (Wildman–Crippen LogP) is 14.3. The van der Waals surface area contributed by atoms with Gasteiger partial charge in [0.2, 0.25) is 0 Å². The minimum absolute atomic E-state index is 1.14. The number of hydrogen-bond donors (Lipinski definition) is 0. The highest BCUT2D eigenvalue weighted by Crippen LogP contribution is 2.41. The third-order valence-corrected chi connectivity index (χ3v) is 11.2. The molecule has 1 heterocycles. The van der Waals surface area contributed by atoms with Gasteiger partial charge in [0.15, 0.2) is 0 Å². The molecule has 0 unspecified atom stereocenters. The summed E-state index contributed by atoms with van der Waals surface area (Å²) < 4.78 is 2.39. The smallest absolute Gasteiger partial charge is 0.0535 e. The normalized spacial score (nSPS) is 11.8. The first-order valence-corrected chi connectivity index (χ1v) is 18.3. The zero-order valence-corrected chi connectivity index (χ0v) is 29.0. The van der Waals surface area contributed by atoms with Gasteiger partial charge >= 0.3 is 0 Å². The molecule has 0 atom stereocenters. The molecule has 0 aliphatic heterocycles. The maximum Gasteiger partial charge on any atom is 0.0535 e. The molecule has 0 bridgehead atoms. The number of hydrogen-bond acceptors (Lipinski definition) is 0. The van der Waals surface area contributed by atoms with Gasteiger partial charge in [-0.25, -0.2) is 0 Å². The van der Waals surface area contributed by atoms with E-state index in [9.17, 15) is 0 Å². The molecule has 0 spiro atoms. The van der Waals surface area contributed by atoms with Gasteiger partial charge in [0.25, 0.3) is 0 Å². The van der Waals surface area contributed by atoms with Crippen LogP contribution in [0.4, 0.5) is 0 Å². The Morgan fingerprint density at radius 2 is 0.774 bits per heavy atom. The van der Waals surface area contributed by atoms with Crippen molar-refractivity contribution in [2.75, 3.05) is 0 Å². The molecule has 0 radical (unpaired) electrons. The van der Waals surface area contributed by atoms with E-state index >= 15 is 0 Å². The number of benzene rings is 10. The molecule has 11 aromatic rings. The maximum absolute atomic E-state index is 2.39. The largest absolute Gasteiger partial charge is 0.309 e. The SMILES string of the molecule is c1ccc(-n2c(-c3ccc(-c4cc5ccccc5c5ccccc45)cc3)ccc2-c2ccc(-c3ccc4ccc5cccc6ccc3c4c56)cc2)cc1. The average Bonchev–Trinajstić information content (AvgIpc) is 3.68. The van der Waals surface area contributed by atoms with Gasteiger partial charge in [-0.05, 0) is 118 Å². The van der Waals surface area contributed by atoms with E-state index in [4.69, 9.17) is 0 Å². The Balaban J connectivity index is 0.999.